The van der Waals surface area contributed by atoms with Crippen LogP contribution in [0.2, 0.25) is 0 Å². The van der Waals surface area contributed by atoms with Gasteiger partial charge in [-0.2, -0.15) is 0 Å². The van der Waals surface area contributed by atoms with Gasteiger partial charge in [0.05, 0.1) is 18.9 Å². The van der Waals surface area contributed by atoms with Crippen molar-refractivity contribution in [3.05, 3.63) is 29.8 Å². The number of carbonyl (C=O) groups excluding carboxylic acids is 1. The highest BCUT2D eigenvalue weighted by molar-refractivity contribution is 7.90. The minimum absolute atomic E-state index is 0.0383. The molecule has 112 valence electrons. The van der Waals surface area contributed by atoms with E-state index in [1.54, 1.807) is 50.2 Å². The molecule has 0 bridgehead atoms. The Balaban J connectivity index is 2.69. The molecule has 1 atom stereocenters. The number of ketones is 1. The average molecular weight is 299 g/mol. The van der Waals surface area contributed by atoms with E-state index in [2.05, 4.69) is 0 Å². The zero-order valence-electron chi connectivity index (χ0n) is 12.3. The number of likely N-dealkylation sites (N-methyl/N-ethyl adjacent to an activating group) is 1. The SMILES string of the molecule is COc1ccc(C(=O)C(C)N(C)CCS(C)(=O)=O)cc1. The van der Waals surface area contributed by atoms with Crippen LogP contribution in [0.3, 0.4) is 0 Å². The Morgan fingerprint density at radius 3 is 2.30 bits per heavy atom. The summed E-state index contributed by atoms with van der Waals surface area (Å²) in [6, 6.07) is 6.52. The van der Waals surface area contributed by atoms with Crippen molar-refractivity contribution in [2.75, 3.05) is 32.7 Å². The van der Waals surface area contributed by atoms with E-state index in [9.17, 15) is 13.2 Å². The standard InChI is InChI=1S/C14H21NO4S/c1-11(15(2)9-10-20(4,17)18)14(16)12-5-7-13(19-3)8-6-12/h5-8,11H,9-10H2,1-4H3. The summed E-state index contributed by atoms with van der Waals surface area (Å²) in [5.41, 5.74) is 0.588. The van der Waals surface area contributed by atoms with E-state index in [-0.39, 0.29) is 17.6 Å². The molecule has 0 aliphatic rings. The summed E-state index contributed by atoms with van der Waals surface area (Å²) in [7, 11) is 0.294. The molecule has 20 heavy (non-hydrogen) atoms. The Morgan fingerprint density at radius 2 is 1.85 bits per heavy atom. The number of ether oxygens (including phenoxy) is 1. The van der Waals surface area contributed by atoms with Crippen LogP contribution in [0.25, 0.3) is 0 Å². The molecule has 0 saturated carbocycles. The Hall–Kier alpha value is -1.40. The normalized spacial score (nSPS) is 13.2. The van der Waals surface area contributed by atoms with Crippen LogP contribution >= 0.6 is 0 Å². The fourth-order valence-corrected chi connectivity index (χ4v) is 2.32. The number of Topliss-reactive ketones (excluding diaryl/α,β-unsaturated/α-hetero) is 1. The fraction of sp³-hybridized carbons (Fsp3) is 0.500. The van der Waals surface area contributed by atoms with E-state index < -0.39 is 9.84 Å². The molecule has 0 fully saturated rings. The summed E-state index contributed by atoms with van der Waals surface area (Å²) < 4.78 is 27.3. The van der Waals surface area contributed by atoms with Gasteiger partial charge in [-0.3, -0.25) is 9.69 Å². The highest BCUT2D eigenvalue weighted by atomic mass is 32.2. The van der Waals surface area contributed by atoms with Gasteiger partial charge in [0.2, 0.25) is 0 Å². The van der Waals surface area contributed by atoms with Crippen LogP contribution in [-0.4, -0.2) is 57.9 Å². The van der Waals surface area contributed by atoms with Gasteiger partial charge in [0.25, 0.3) is 0 Å². The molecule has 0 radical (unpaired) electrons. The molecule has 1 unspecified atom stereocenters. The second kappa shape index (κ2) is 6.85. The third kappa shape index (κ3) is 4.94. The number of methoxy groups -OCH3 is 1. The smallest absolute Gasteiger partial charge is 0.179 e. The summed E-state index contributed by atoms with van der Waals surface area (Å²) >= 11 is 0. The van der Waals surface area contributed by atoms with Gasteiger partial charge in [0, 0.05) is 18.4 Å². The molecule has 6 heteroatoms. The first kappa shape index (κ1) is 16.7. The van der Waals surface area contributed by atoms with Crippen LogP contribution in [0.1, 0.15) is 17.3 Å². The lowest BCUT2D eigenvalue weighted by Gasteiger charge is -2.23. The van der Waals surface area contributed by atoms with Gasteiger partial charge in [-0.1, -0.05) is 0 Å². The summed E-state index contributed by atoms with van der Waals surface area (Å²) in [4.78, 5) is 14.0. The maximum atomic E-state index is 12.3. The van der Waals surface area contributed by atoms with Crippen LogP contribution in [0.4, 0.5) is 0 Å². The minimum Gasteiger partial charge on any atom is -0.497 e. The van der Waals surface area contributed by atoms with Gasteiger partial charge in [-0.15, -0.1) is 0 Å². The van der Waals surface area contributed by atoms with Gasteiger partial charge in [0.15, 0.2) is 5.78 Å². The lowest BCUT2D eigenvalue weighted by atomic mass is 10.0. The first-order chi connectivity index (χ1) is 9.24. The highest BCUT2D eigenvalue weighted by Crippen LogP contribution is 2.14. The van der Waals surface area contributed by atoms with E-state index in [0.717, 1.165) is 0 Å². The van der Waals surface area contributed by atoms with E-state index >= 15 is 0 Å². The highest BCUT2D eigenvalue weighted by Gasteiger charge is 2.20. The molecule has 0 aliphatic heterocycles. The molecule has 5 nitrogen and oxygen atoms in total. The number of hydrogen-bond acceptors (Lipinski definition) is 5. The van der Waals surface area contributed by atoms with Gasteiger partial charge >= 0.3 is 0 Å². The molecule has 1 aromatic carbocycles. The number of hydrogen-bond donors (Lipinski definition) is 0. The molecular formula is C14H21NO4S. The molecule has 0 aliphatic carbocycles. The Labute approximate surface area is 120 Å². The van der Waals surface area contributed by atoms with Gasteiger partial charge in [-0.05, 0) is 38.2 Å². The van der Waals surface area contributed by atoms with E-state index in [1.807, 2.05) is 0 Å². The molecule has 1 aromatic rings. The van der Waals surface area contributed by atoms with Crippen LogP contribution in [0, 0.1) is 0 Å². The maximum absolute atomic E-state index is 12.3. The minimum atomic E-state index is -3.02. The Bertz CT molecular complexity index is 551. The average Bonchev–Trinajstić information content (AvgIpc) is 2.42. The molecule has 0 heterocycles. The first-order valence-corrected chi connectivity index (χ1v) is 8.37. The fourth-order valence-electron chi connectivity index (χ4n) is 1.70. The summed E-state index contributed by atoms with van der Waals surface area (Å²) in [6.07, 6.45) is 1.19. The van der Waals surface area contributed by atoms with Crippen molar-refractivity contribution < 1.29 is 17.9 Å². The molecule has 0 aromatic heterocycles. The van der Waals surface area contributed by atoms with Crippen molar-refractivity contribution in [2.24, 2.45) is 0 Å². The lowest BCUT2D eigenvalue weighted by molar-refractivity contribution is 0.0874. The van der Waals surface area contributed by atoms with Crippen molar-refractivity contribution in [3.8, 4) is 5.75 Å². The van der Waals surface area contributed by atoms with Gasteiger partial charge in [0.1, 0.15) is 15.6 Å². The Morgan fingerprint density at radius 1 is 1.30 bits per heavy atom. The zero-order chi connectivity index (χ0) is 15.3. The number of nitrogens with zero attached hydrogens (tertiary/aromatic N) is 1. The number of sulfone groups is 1. The quantitative estimate of drug-likeness (QED) is 0.709. The van der Waals surface area contributed by atoms with E-state index in [0.29, 0.717) is 17.9 Å². The van der Waals surface area contributed by atoms with Crippen LogP contribution in [0.5, 0.6) is 5.75 Å². The molecule has 0 spiro atoms. The van der Waals surface area contributed by atoms with Gasteiger partial charge in [-0.25, -0.2) is 8.42 Å². The molecule has 0 saturated heterocycles. The third-order valence-corrected chi connectivity index (χ3v) is 4.15. The molecule has 0 N–H and O–H groups in total. The van der Waals surface area contributed by atoms with Crippen LogP contribution in [-0.2, 0) is 9.84 Å². The monoisotopic (exact) mass is 299 g/mol. The third-order valence-electron chi connectivity index (χ3n) is 3.23. The van der Waals surface area contributed by atoms with Crippen molar-refractivity contribution in [3.63, 3.8) is 0 Å². The second-order valence-corrected chi connectivity index (χ2v) is 7.14. The number of rotatable bonds is 7. The first-order valence-electron chi connectivity index (χ1n) is 6.31. The van der Waals surface area contributed by atoms with Crippen LogP contribution in [0.15, 0.2) is 24.3 Å². The molecular weight excluding hydrogens is 278 g/mol. The van der Waals surface area contributed by atoms with E-state index in [1.165, 1.54) is 6.26 Å². The summed E-state index contributed by atoms with van der Waals surface area (Å²) in [6.45, 7) is 2.11. The largest absolute Gasteiger partial charge is 0.497 e. The summed E-state index contributed by atoms with van der Waals surface area (Å²) in [5.74, 6) is 0.701. The van der Waals surface area contributed by atoms with Crippen LogP contribution < -0.4 is 4.74 Å². The van der Waals surface area contributed by atoms with Crippen molar-refractivity contribution >= 4 is 15.6 Å². The van der Waals surface area contributed by atoms with Gasteiger partial charge < -0.3 is 4.74 Å². The van der Waals surface area contributed by atoms with Crippen molar-refractivity contribution in [1.82, 2.24) is 4.90 Å². The summed E-state index contributed by atoms with van der Waals surface area (Å²) in [5, 5.41) is 0. The predicted octanol–water partition coefficient (Wildman–Crippen LogP) is 1.24. The van der Waals surface area contributed by atoms with Crippen molar-refractivity contribution in [2.45, 2.75) is 13.0 Å². The van der Waals surface area contributed by atoms with Crippen molar-refractivity contribution in [1.29, 1.82) is 0 Å². The Kier molecular flexibility index (Phi) is 5.71. The maximum Gasteiger partial charge on any atom is 0.179 e. The zero-order valence-corrected chi connectivity index (χ0v) is 13.1. The predicted molar refractivity (Wildman–Crippen MR) is 79.1 cm³/mol. The number of benzene rings is 1. The lowest BCUT2D eigenvalue weighted by Crippen LogP contribution is -2.38. The van der Waals surface area contributed by atoms with E-state index in [4.69, 9.17) is 4.74 Å². The topological polar surface area (TPSA) is 63.7 Å². The molecule has 1 rings (SSSR count). The molecule has 0 amide bonds. The number of carbonyl (C=O) groups is 1. The second-order valence-electron chi connectivity index (χ2n) is 4.88.